The number of carboxylic acid groups (broad SMARTS) is 1. The van der Waals surface area contributed by atoms with E-state index in [9.17, 15) is 4.79 Å². The Morgan fingerprint density at radius 1 is 1.28 bits per heavy atom. The standard InChI is InChI=1S/C18H20N4O3/c23-18(24)16-5-4-13(25-16)11-22-8-6-14-12(10-22)9-20-17(21-14)15-3-1-2-7-19-15/h4-5,9H,1-3,6-8,10-11H2,(H,23,24). The highest BCUT2D eigenvalue weighted by atomic mass is 16.4. The minimum absolute atomic E-state index is 0.0198. The predicted molar refractivity (Wildman–Crippen MR) is 90.8 cm³/mol. The normalized spacial score (nSPS) is 17.8. The van der Waals surface area contributed by atoms with Crippen molar-refractivity contribution in [1.29, 1.82) is 0 Å². The third-order valence-corrected chi connectivity index (χ3v) is 4.65. The van der Waals surface area contributed by atoms with Crippen molar-refractivity contribution < 1.29 is 14.3 Å². The molecule has 0 saturated carbocycles. The second-order valence-electron chi connectivity index (χ2n) is 6.48. The molecule has 0 radical (unpaired) electrons. The maximum absolute atomic E-state index is 10.9. The highest BCUT2D eigenvalue weighted by Gasteiger charge is 2.21. The van der Waals surface area contributed by atoms with Gasteiger partial charge in [-0.15, -0.1) is 0 Å². The molecule has 2 aliphatic heterocycles. The zero-order valence-corrected chi connectivity index (χ0v) is 13.9. The molecule has 0 unspecified atom stereocenters. The minimum atomic E-state index is -1.04. The molecule has 2 aromatic heterocycles. The number of furan rings is 1. The smallest absolute Gasteiger partial charge is 0.371 e. The van der Waals surface area contributed by atoms with Crippen LogP contribution in [0.5, 0.6) is 0 Å². The van der Waals surface area contributed by atoms with Gasteiger partial charge in [-0.2, -0.15) is 0 Å². The van der Waals surface area contributed by atoms with E-state index in [2.05, 4.69) is 14.9 Å². The summed E-state index contributed by atoms with van der Waals surface area (Å²) in [4.78, 5) is 26.9. The lowest BCUT2D eigenvalue weighted by Gasteiger charge is -2.27. The number of hydrogen-bond acceptors (Lipinski definition) is 6. The average Bonchev–Trinajstić information content (AvgIpc) is 3.11. The molecule has 4 rings (SSSR count). The molecule has 0 spiro atoms. The summed E-state index contributed by atoms with van der Waals surface area (Å²) in [6.07, 6.45) is 6.04. The zero-order valence-electron chi connectivity index (χ0n) is 13.9. The van der Waals surface area contributed by atoms with Crippen molar-refractivity contribution in [3.8, 4) is 0 Å². The second-order valence-corrected chi connectivity index (χ2v) is 6.48. The fraction of sp³-hybridized carbons (Fsp3) is 0.444. The lowest BCUT2D eigenvalue weighted by molar-refractivity contribution is 0.0658. The first-order valence-electron chi connectivity index (χ1n) is 8.62. The highest BCUT2D eigenvalue weighted by Crippen LogP contribution is 2.20. The van der Waals surface area contributed by atoms with Crippen molar-refractivity contribution >= 4 is 11.7 Å². The Morgan fingerprint density at radius 3 is 2.96 bits per heavy atom. The van der Waals surface area contributed by atoms with Crippen LogP contribution in [0.2, 0.25) is 0 Å². The van der Waals surface area contributed by atoms with Crippen LogP contribution in [0.1, 0.15) is 52.7 Å². The molecule has 7 heteroatoms. The molecule has 0 aromatic carbocycles. The summed E-state index contributed by atoms with van der Waals surface area (Å²) in [5.41, 5.74) is 3.25. The van der Waals surface area contributed by atoms with E-state index in [0.717, 1.165) is 68.1 Å². The summed E-state index contributed by atoms with van der Waals surface area (Å²) in [5.74, 6) is 0.384. The van der Waals surface area contributed by atoms with E-state index >= 15 is 0 Å². The van der Waals surface area contributed by atoms with E-state index < -0.39 is 5.97 Å². The Labute approximate surface area is 145 Å². The molecule has 25 heavy (non-hydrogen) atoms. The number of hydrogen-bond donors (Lipinski definition) is 1. The summed E-state index contributed by atoms with van der Waals surface area (Å²) < 4.78 is 5.35. The highest BCUT2D eigenvalue weighted by molar-refractivity contribution is 5.97. The van der Waals surface area contributed by atoms with E-state index in [1.807, 2.05) is 6.20 Å². The van der Waals surface area contributed by atoms with Crippen molar-refractivity contribution in [3.05, 3.63) is 46.9 Å². The van der Waals surface area contributed by atoms with Crippen molar-refractivity contribution in [2.75, 3.05) is 13.1 Å². The third-order valence-electron chi connectivity index (χ3n) is 4.65. The summed E-state index contributed by atoms with van der Waals surface area (Å²) in [6, 6.07) is 3.22. The Balaban J connectivity index is 1.46. The SMILES string of the molecule is O=C(O)c1ccc(CN2CCc3nc(C4=NCCCC4)ncc3C2)o1. The van der Waals surface area contributed by atoms with Gasteiger partial charge in [0.15, 0.2) is 5.82 Å². The minimum Gasteiger partial charge on any atom is -0.475 e. The zero-order chi connectivity index (χ0) is 17.2. The van der Waals surface area contributed by atoms with Crippen LogP contribution in [-0.4, -0.2) is 44.7 Å². The van der Waals surface area contributed by atoms with Crippen LogP contribution in [-0.2, 0) is 19.5 Å². The van der Waals surface area contributed by atoms with E-state index in [1.165, 1.54) is 6.07 Å². The molecule has 2 aromatic rings. The topological polar surface area (TPSA) is 91.8 Å². The van der Waals surface area contributed by atoms with Crippen molar-refractivity contribution in [2.24, 2.45) is 4.99 Å². The average molecular weight is 340 g/mol. The number of aromatic nitrogens is 2. The molecule has 2 aliphatic rings. The largest absolute Gasteiger partial charge is 0.475 e. The molecular formula is C18H20N4O3. The van der Waals surface area contributed by atoms with Gasteiger partial charge in [0.25, 0.3) is 0 Å². The number of rotatable bonds is 4. The molecule has 0 amide bonds. The van der Waals surface area contributed by atoms with Gasteiger partial charge in [-0.25, -0.2) is 14.8 Å². The van der Waals surface area contributed by atoms with Crippen LogP contribution in [0.25, 0.3) is 0 Å². The first kappa shape index (κ1) is 16.0. The lowest BCUT2D eigenvalue weighted by atomic mass is 10.1. The Kier molecular flexibility index (Phi) is 4.31. The van der Waals surface area contributed by atoms with E-state index in [4.69, 9.17) is 14.5 Å². The van der Waals surface area contributed by atoms with Gasteiger partial charge >= 0.3 is 5.97 Å². The number of fused-ring (bicyclic) bond motifs is 1. The van der Waals surface area contributed by atoms with Gasteiger partial charge in [0.2, 0.25) is 5.76 Å². The van der Waals surface area contributed by atoms with Crippen LogP contribution in [0.4, 0.5) is 0 Å². The van der Waals surface area contributed by atoms with Crippen LogP contribution in [0.15, 0.2) is 27.7 Å². The van der Waals surface area contributed by atoms with Gasteiger partial charge in [0.05, 0.1) is 18.0 Å². The van der Waals surface area contributed by atoms with Gasteiger partial charge in [0, 0.05) is 37.8 Å². The lowest BCUT2D eigenvalue weighted by Crippen LogP contribution is -2.31. The summed E-state index contributed by atoms with van der Waals surface area (Å²) in [5, 5.41) is 8.93. The van der Waals surface area contributed by atoms with E-state index in [0.29, 0.717) is 12.3 Å². The van der Waals surface area contributed by atoms with Crippen LogP contribution in [0.3, 0.4) is 0 Å². The molecule has 0 atom stereocenters. The summed E-state index contributed by atoms with van der Waals surface area (Å²) in [6.45, 7) is 3.07. The maximum atomic E-state index is 10.9. The van der Waals surface area contributed by atoms with Crippen molar-refractivity contribution in [3.63, 3.8) is 0 Å². The molecular weight excluding hydrogens is 320 g/mol. The summed E-state index contributed by atoms with van der Waals surface area (Å²) in [7, 11) is 0. The van der Waals surface area contributed by atoms with Crippen LogP contribution < -0.4 is 0 Å². The monoisotopic (exact) mass is 340 g/mol. The number of aromatic carboxylic acids is 1. The Bertz CT molecular complexity index is 827. The number of aliphatic imine (C=N–C) groups is 1. The molecule has 0 saturated heterocycles. The fourth-order valence-corrected chi connectivity index (χ4v) is 3.33. The van der Waals surface area contributed by atoms with E-state index in [1.54, 1.807) is 6.07 Å². The van der Waals surface area contributed by atoms with Crippen LogP contribution >= 0.6 is 0 Å². The number of carboxylic acids is 1. The Hall–Kier alpha value is -2.54. The van der Waals surface area contributed by atoms with Crippen molar-refractivity contribution in [1.82, 2.24) is 14.9 Å². The van der Waals surface area contributed by atoms with Gasteiger partial charge in [-0.05, 0) is 31.4 Å². The quantitative estimate of drug-likeness (QED) is 0.918. The molecule has 0 aliphatic carbocycles. The maximum Gasteiger partial charge on any atom is 0.371 e. The second kappa shape index (κ2) is 6.76. The van der Waals surface area contributed by atoms with Gasteiger partial charge < -0.3 is 9.52 Å². The van der Waals surface area contributed by atoms with Gasteiger partial charge in [-0.1, -0.05) is 0 Å². The molecule has 130 valence electrons. The molecule has 4 heterocycles. The predicted octanol–water partition coefficient (Wildman–Crippen LogP) is 2.30. The van der Waals surface area contributed by atoms with E-state index in [-0.39, 0.29) is 5.76 Å². The molecule has 7 nitrogen and oxygen atoms in total. The first-order valence-corrected chi connectivity index (χ1v) is 8.62. The molecule has 0 fully saturated rings. The number of nitrogens with zero attached hydrogens (tertiary/aromatic N) is 4. The van der Waals surface area contributed by atoms with Gasteiger partial charge in [0.1, 0.15) is 5.76 Å². The third kappa shape index (κ3) is 3.46. The Morgan fingerprint density at radius 2 is 2.20 bits per heavy atom. The molecule has 1 N–H and O–H groups in total. The molecule has 0 bridgehead atoms. The first-order chi connectivity index (χ1) is 12.2. The number of carbonyl (C=O) groups is 1. The van der Waals surface area contributed by atoms with Crippen molar-refractivity contribution in [2.45, 2.75) is 38.8 Å². The van der Waals surface area contributed by atoms with Gasteiger partial charge in [-0.3, -0.25) is 9.89 Å². The van der Waals surface area contributed by atoms with Crippen LogP contribution in [0, 0.1) is 0 Å². The fourth-order valence-electron chi connectivity index (χ4n) is 3.33. The summed E-state index contributed by atoms with van der Waals surface area (Å²) >= 11 is 0.